The molecule has 0 aliphatic rings. The summed E-state index contributed by atoms with van der Waals surface area (Å²) in [6.07, 6.45) is 3.04. The maximum atomic E-state index is 13.7. The molecule has 0 N–H and O–H groups in total. The third-order valence-corrected chi connectivity index (χ3v) is 3.86. The highest BCUT2D eigenvalue weighted by atomic mass is 19.1. The third kappa shape index (κ3) is 6.48. The van der Waals surface area contributed by atoms with E-state index in [-0.39, 0.29) is 11.1 Å². The summed E-state index contributed by atoms with van der Waals surface area (Å²) in [7, 11) is 0. The van der Waals surface area contributed by atoms with E-state index >= 15 is 0 Å². The van der Waals surface area contributed by atoms with Gasteiger partial charge in [0.1, 0.15) is 17.0 Å². The Bertz CT molecular complexity index is 620. The quantitative estimate of drug-likeness (QED) is 0.596. The Labute approximate surface area is 149 Å². The highest BCUT2D eigenvalue weighted by molar-refractivity contribution is 6.03. The minimum atomic E-state index is -0.724. The number of halogens is 1. The number of esters is 2. The van der Waals surface area contributed by atoms with Crippen LogP contribution in [-0.2, 0) is 9.47 Å². The second kappa shape index (κ2) is 8.45. The molecule has 1 aromatic carbocycles. The van der Waals surface area contributed by atoms with Crippen LogP contribution in [0.5, 0.6) is 0 Å². The van der Waals surface area contributed by atoms with Gasteiger partial charge in [0.2, 0.25) is 0 Å². The van der Waals surface area contributed by atoms with E-state index in [4.69, 9.17) is 9.47 Å². The Morgan fingerprint density at radius 3 is 1.76 bits per heavy atom. The zero-order valence-corrected chi connectivity index (χ0v) is 16.1. The first-order valence-electron chi connectivity index (χ1n) is 8.77. The number of ether oxygens (including phenoxy) is 2. The van der Waals surface area contributed by atoms with Gasteiger partial charge in [-0.1, -0.05) is 26.7 Å². The standard InChI is InChI=1S/C20H29FO4/c1-7-11-19(3,4)24-17(22)15-10-9-14(21)13-16(15)18(23)25-20(5,6)12-8-2/h9-10,13H,7-8,11-12H2,1-6H3. The molecular formula is C20H29FO4. The Kier molecular flexibility index (Phi) is 7.15. The van der Waals surface area contributed by atoms with E-state index in [9.17, 15) is 14.0 Å². The number of rotatable bonds is 8. The molecule has 0 bridgehead atoms. The maximum Gasteiger partial charge on any atom is 0.339 e. The molecular weight excluding hydrogens is 323 g/mol. The lowest BCUT2D eigenvalue weighted by Crippen LogP contribution is -2.31. The van der Waals surface area contributed by atoms with E-state index < -0.39 is 29.0 Å². The predicted molar refractivity (Wildman–Crippen MR) is 95.2 cm³/mol. The van der Waals surface area contributed by atoms with Gasteiger partial charge in [0.05, 0.1) is 11.1 Å². The molecule has 25 heavy (non-hydrogen) atoms. The monoisotopic (exact) mass is 352 g/mol. The molecule has 1 aromatic rings. The van der Waals surface area contributed by atoms with Crippen LogP contribution in [0.25, 0.3) is 0 Å². The van der Waals surface area contributed by atoms with Crippen LogP contribution in [0.3, 0.4) is 0 Å². The maximum absolute atomic E-state index is 13.7. The van der Waals surface area contributed by atoms with Crippen LogP contribution in [-0.4, -0.2) is 23.1 Å². The Balaban J connectivity index is 3.10. The van der Waals surface area contributed by atoms with E-state index in [1.54, 1.807) is 27.7 Å². The molecule has 0 heterocycles. The normalized spacial score (nSPS) is 12.0. The van der Waals surface area contributed by atoms with Crippen molar-refractivity contribution in [2.45, 2.75) is 78.4 Å². The molecule has 0 aliphatic heterocycles. The molecule has 0 saturated heterocycles. The van der Waals surface area contributed by atoms with Crippen molar-refractivity contribution in [2.75, 3.05) is 0 Å². The molecule has 0 radical (unpaired) electrons. The number of carbonyl (C=O) groups is 2. The minimum Gasteiger partial charge on any atom is -0.456 e. The van der Waals surface area contributed by atoms with Crippen LogP contribution < -0.4 is 0 Å². The summed E-state index contributed by atoms with van der Waals surface area (Å²) in [6, 6.07) is 3.42. The van der Waals surface area contributed by atoms with Crippen molar-refractivity contribution in [2.24, 2.45) is 0 Å². The summed E-state index contributed by atoms with van der Waals surface area (Å²) in [5, 5.41) is 0. The van der Waals surface area contributed by atoms with Gasteiger partial charge in [0.15, 0.2) is 0 Å². The van der Waals surface area contributed by atoms with Crippen molar-refractivity contribution < 1.29 is 23.5 Å². The zero-order chi connectivity index (χ0) is 19.3. The van der Waals surface area contributed by atoms with Gasteiger partial charge < -0.3 is 9.47 Å². The largest absolute Gasteiger partial charge is 0.456 e. The SMILES string of the molecule is CCCC(C)(C)OC(=O)c1ccc(F)cc1C(=O)OC(C)(C)CCC. The fraction of sp³-hybridized carbons (Fsp3) is 0.600. The molecule has 0 aliphatic carbocycles. The zero-order valence-electron chi connectivity index (χ0n) is 16.1. The average molecular weight is 352 g/mol. The second-order valence-corrected chi connectivity index (χ2v) is 7.49. The number of hydrogen-bond acceptors (Lipinski definition) is 4. The molecule has 0 unspecified atom stereocenters. The number of hydrogen-bond donors (Lipinski definition) is 0. The molecule has 140 valence electrons. The molecule has 0 fully saturated rings. The van der Waals surface area contributed by atoms with Crippen LogP contribution in [0.4, 0.5) is 4.39 Å². The molecule has 0 amide bonds. The lowest BCUT2D eigenvalue weighted by molar-refractivity contribution is -0.00958. The molecule has 0 saturated carbocycles. The summed E-state index contributed by atoms with van der Waals surface area (Å²) >= 11 is 0. The van der Waals surface area contributed by atoms with E-state index in [1.807, 2.05) is 13.8 Å². The summed E-state index contributed by atoms with van der Waals surface area (Å²) in [5.41, 5.74) is -1.45. The molecule has 1 rings (SSSR count). The van der Waals surface area contributed by atoms with Crippen LogP contribution in [0.1, 0.15) is 87.9 Å². The van der Waals surface area contributed by atoms with Gasteiger partial charge in [-0.15, -0.1) is 0 Å². The lowest BCUT2D eigenvalue weighted by Gasteiger charge is -2.26. The van der Waals surface area contributed by atoms with Crippen molar-refractivity contribution in [1.82, 2.24) is 0 Å². The van der Waals surface area contributed by atoms with Crippen molar-refractivity contribution in [3.05, 3.63) is 35.1 Å². The van der Waals surface area contributed by atoms with Crippen molar-refractivity contribution >= 4 is 11.9 Å². The summed E-state index contributed by atoms with van der Waals surface area (Å²) in [4.78, 5) is 25.0. The van der Waals surface area contributed by atoms with Gasteiger partial charge in [-0.2, -0.15) is 0 Å². The fourth-order valence-corrected chi connectivity index (χ4v) is 2.78. The van der Waals surface area contributed by atoms with Gasteiger partial charge in [-0.25, -0.2) is 14.0 Å². The van der Waals surface area contributed by atoms with Gasteiger partial charge in [0.25, 0.3) is 0 Å². The Hall–Kier alpha value is -1.91. The summed E-state index contributed by atoms with van der Waals surface area (Å²) in [5.74, 6) is -1.98. The first-order chi connectivity index (χ1) is 11.5. The van der Waals surface area contributed by atoms with Crippen LogP contribution >= 0.6 is 0 Å². The first kappa shape index (κ1) is 21.1. The summed E-state index contributed by atoms with van der Waals surface area (Å²) < 4.78 is 24.6. The van der Waals surface area contributed by atoms with E-state index in [0.717, 1.165) is 25.0 Å². The second-order valence-electron chi connectivity index (χ2n) is 7.49. The molecule has 0 spiro atoms. The smallest absolute Gasteiger partial charge is 0.339 e. The number of carbonyl (C=O) groups excluding carboxylic acids is 2. The molecule has 4 nitrogen and oxygen atoms in total. The van der Waals surface area contributed by atoms with Gasteiger partial charge >= 0.3 is 11.9 Å². The highest BCUT2D eigenvalue weighted by Gasteiger charge is 2.29. The third-order valence-electron chi connectivity index (χ3n) is 3.86. The summed E-state index contributed by atoms with van der Waals surface area (Å²) in [6.45, 7) is 11.2. The average Bonchev–Trinajstić information content (AvgIpc) is 2.45. The van der Waals surface area contributed by atoms with Crippen LogP contribution in [0.2, 0.25) is 0 Å². The van der Waals surface area contributed by atoms with Crippen molar-refractivity contribution in [3.8, 4) is 0 Å². The van der Waals surface area contributed by atoms with Gasteiger partial charge in [-0.05, 0) is 58.7 Å². The van der Waals surface area contributed by atoms with Gasteiger partial charge in [0, 0.05) is 0 Å². The predicted octanol–water partition coefficient (Wildman–Crippen LogP) is 5.30. The van der Waals surface area contributed by atoms with E-state index in [0.29, 0.717) is 12.8 Å². The first-order valence-corrected chi connectivity index (χ1v) is 8.77. The molecule has 0 atom stereocenters. The lowest BCUT2D eigenvalue weighted by atomic mass is 10.0. The fourth-order valence-electron chi connectivity index (χ4n) is 2.78. The van der Waals surface area contributed by atoms with Crippen molar-refractivity contribution in [3.63, 3.8) is 0 Å². The Morgan fingerprint density at radius 1 is 0.880 bits per heavy atom. The Morgan fingerprint density at radius 2 is 1.32 bits per heavy atom. The highest BCUT2D eigenvalue weighted by Crippen LogP contribution is 2.24. The van der Waals surface area contributed by atoms with Gasteiger partial charge in [-0.3, -0.25) is 0 Å². The van der Waals surface area contributed by atoms with Crippen molar-refractivity contribution in [1.29, 1.82) is 0 Å². The van der Waals surface area contributed by atoms with Crippen LogP contribution in [0.15, 0.2) is 18.2 Å². The minimum absolute atomic E-state index is 0.0166. The number of benzene rings is 1. The van der Waals surface area contributed by atoms with Crippen LogP contribution in [0, 0.1) is 5.82 Å². The topological polar surface area (TPSA) is 52.6 Å². The molecule has 5 heteroatoms. The molecule has 0 aromatic heterocycles. The van der Waals surface area contributed by atoms with E-state index in [2.05, 4.69) is 0 Å². The van der Waals surface area contributed by atoms with E-state index in [1.165, 1.54) is 6.07 Å².